The number of nitrogens with two attached hydrogens (primary N) is 1. The van der Waals surface area contributed by atoms with Gasteiger partial charge in [-0.2, -0.15) is 11.8 Å². The minimum Gasteiger partial charge on any atom is -0.480 e. The van der Waals surface area contributed by atoms with Crippen LogP contribution in [-0.4, -0.2) is 40.6 Å². The first-order chi connectivity index (χ1) is 6.99. The molecule has 0 aliphatic heterocycles. The lowest BCUT2D eigenvalue weighted by atomic mass is 10.2. The van der Waals surface area contributed by atoms with Crippen molar-refractivity contribution in [2.24, 2.45) is 5.73 Å². The molecule has 0 heterocycles. The molecule has 1 fully saturated rings. The van der Waals surface area contributed by atoms with Gasteiger partial charge in [-0.15, -0.1) is 0 Å². The van der Waals surface area contributed by atoms with Gasteiger partial charge in [0.05, 0.1) is 5.54 Å². The molecule has 1 aliphatic rings. The molecule has 0 aromatic heterocycles. The van der Waals surface area contributed by atoms with Gasteiger partial charge in [0.25, 0.3) is 0 Å². The predicted molar refractivity (Wildman–Crippen MR) is 58.7 cm³/mol. The second-order valence-corrected chi connectivity index (χ2v) is 4.79. The first kappa shape index (κ1) is 12.3. The second kappa shape index (κ2) is 4.85. The van der Waals surface area contributed by atoms with Crippen LogP contribution in [-0.2, 0) is 9.59 Å². The highest BCUT2D eigenvalue weighted by atomic mass is 32.2. The van der Waals surface area contributed by atoms with E-state index in [-0.39, 0.29) is 5.91 Å². The molecule has 1 saturated carbocycles. The molecule has 1 rings (SSSR count). The Balaban J connectivity index is 2.43. The summed E-state index contributed by atoms with van der Waals surface area (Å²) in [5.41, 5.74) is 4.86. The van der Waals surface area contributed by atoms with Crippen molar-refractivity contribution < 1.29 is 14.7 Å². The fourth-order valence-corrected chi connectivity index (χ4v) is 1.63. The number of nitrogens with one attached hydrogen (secondary N) is 1. The van der Waals surface area contributed by atoms with Gasteiger partial charge >= 0.3 is 5.97 Å². The average Bonchev–Trinajstić information content (AvgIpc) is 2.91. The number of amides is 1. The van der Waals surface area contributed by atoms with E-state index in [0.29, 0.717) is 25.0 Å². The third-order valence-electron chi connectivity index (χ3n) is 2.45. The minimum absolute atomic E-state index is 0.337. The van der Waals surface area contributed by atoms with E-state index in [0.717, 1.165) is 0 Å². The van der Waals surface area contributed by atoms with Gasteiger partial charge in [0.2, 0.25) is 5.91 Å². The summed E-state index contributed by atoms with van der Waals surface area (Å²) in [7, 11) is 0. The second-order valence-electron chi connectivity index (χ2n) is 3.80. The highest BCUT2D eigenvalue weighted by Crippen LogP contribution is 2.32. The van der Waals surface area contributed by atoms with Gasteiger partial charge in [-0.05, 0) is 31.3 Å². The summed E-state index contributed by atoms with van der Waals surface area (Å²) in [6.07, 6.45) is 3.62. The van der Waals surface area contributed by atoms with Crippen molar-refractivity contribution in [3.8, 4) is 0 Å². The number of carboxylic acid groups (broad SMARTS) is 1. The molecular formula is C9H16N2O3S. The molecule has 86 valence electrons. The maximum absolute atomic E-state index is 11.5. The van der Waals surface area contributed by atoms with Gasteiger partial charge in [-0.3, -0.25) is 4.79 Å². The van der Waals surface area contributed by atoms with Crippen molar-refractivity contribution in [2.75, 3.05) is 12.0 Å². The molecular weight excluding hydrogens is 216 g/mol. The number of aliphatic carboxylic acids is 1. The van der Waals surface area contributed by atoms with Gasteiger partial charge in [0.1, 0.15) is 6.04 Å². The van der Waals surface area contributed by atoms with Crippen molar-refractivity contribution in [1.82, 2.24) is 5.32 Å². The lowest BCUT2D eigenvalue weighted by Crippen LogP contribution is -2.50. The van der Waals surface area contributed by atoms with Crippen LogP contribution in [0.25, 0.3) is 0 Å². The molecule has 0 aromatic carbocycles. The Kier molecular flexibility index (Phi) is 3.98. The number of carbonyl (C=O) groups excluding carboxylic acids is 1. The Morgan fingerprint density at radius 2 is 2.20 bits per heavy atom. The van der Waals surface area contributed by atoms with E-state index < -0.39 is 17.6 Å². The predicted octanol–water partition coefficient (Wildman–Crippen LogP) is -0.200. The highest BCUT2D eigenvalue weighted by Gasteiger charge is 2.46. The van der Waals surface area contributed by atoms with Gasteiger partial charge in [0, 0.05) is 0 Å². The van der Waals surface area contributed by atoms with Crippen molar-refractivity contribution in [3.05, 3.63) is 0 Å². The average molecular weight is 232 g/mol. The van der Waals surface area contributed by atoms with Gasteiger partial charge < -0.3 is 16.2 Å². The monoisotopic (exact) mass is 232 g/mol. The molecule has 1 unspecified atom stereocenters. The van der Waals surface area contributed by atoms with Crippen LogP contribution in [0.1, 0.15) is 19.3 Å². The summed E-state index contributed by atoms with van der Waals surface area (Å²) >= 11 is 1.55. The molecule has 1 aliphatic carbocycles. The quantitative estimate of drug-likeness (QED) is 0.590. The highest BCUT2D eigenvalue weighted by molar-refractivity contribution is 7.98. The van der Waals surface area contributed by atoms with Crippen LogP contribution < -0.4 is 11.1 Å². The Morgan fingerprint density at radius 1 is 1.60 bits per heavy atom. The Labute approximate surface area is 92.8 Å². The summed E-state index contributed by atoms with van der Waals surface area (Å²) in [5.74, 6) is -0.632. The molecule has 0 spiro atoms. The maximum atomic E-state index is 11.5. The van der Waals surface area contributed by atoms with E-state index >= 15 is 0 Å². The summed E-state index contributed by atoms with van der Waals surface area (Å²) in [5, 5.41) is 11.3. The molecule has 5 nitrogen and oxygen atoms in total. The Bertz CT molecular complexity index is 266. The Morgan fingerprint density at radius 3 is 2.60 bits per heavy atom. The summed E-state index contributed by atoms with van der Waals surface area (Å²) < 4.78 is 0. The standard InChI is InChI=1S/C9H16N2O3S/c1-15-5-2-6(7(12)13)11-8(14)9(10)3-4-9/h6H,2-5,10H2,1H3,(H,11,14)(H,12,13). The van der Waals surface area contributed by atoms with Gasteiger partial charge in [-0.25, -0.2) is 4.79 Å². The number of rotatable bonds is 6. The zero-order valence-corrected chi connectivity index (χ0v) is 9.47. The summed E-state index contributed by atoms with van der Waals surface area (Å²) in [6.45, 7) is 0. The van der Waals surface area contributed by atoms with Gasteiger partial charge in [-0.1, -0.05) is 0 Å². The third-order valence-corrected chi connectivity index (χ3v) is 3.10. The van der Waals surface area contributed by atoms with Crippen LogP contribution in [0.3, 0.4) is 0 Å². The van der Waals surface area contributed by atoms with E-state index in [4.69, 9.17) is 10.8 Å². The van der Waals surface area contributed by atoms with Crippen LogP contribution in [0.15, 0.2) is 0 Å². The Hall–Kier alpha value is -0.750. The molecule has 1 amide bonds. The van der Waals surface area contributed by atoms with Crippen LogP contribution in [0, 0.1) is 0 Å². The van der Waals surface area contributed by atoms with Crippen LogP contribution >= 0.6 is 11.8 Å². The van der Waals surface area contributed by atoms with Crippen molar-refractivity contribution in [2.45, 2.75) is 30.8 Å². The van der Waals surface area contributed by atoms with E-state index in [1.165, 1.54) is 0 Å². The van der Waals surface area contributed by atoms with E-state index in [9.17, 15) is 9.59 Å². The van der Waals surface area contributed by atoms with Crippen molar-refractivity contribution in [1.29, 1.82) is 0 Å². The number of hydrogen-bond acceptors (Lipinski definition) is 4. The first-order valence-corrected chi connectivity index (χ1v) is 6.20. The fraction of sp³-hybridized carbons (Fsp3) is 0.778. The topological polar surface area (TPSA) is 92.4 Å². The lowest BCUT2D eigenvalue weighted by Gasteiger charge is -2.16. The number of hydrogen-bond donors (Lipinski definition) is 3. The van der Waals surface area contributed by atoms with Gasteiger partial charge in [0.15, 0.2) is 0 Å². The molecule has 0 radical (unpaired) electrons. The molecule has 0 bridgehead atoms. The number of carboxylic acids is 1. The fourth-order valence-electron chi connectivity index (χ4n) is 1.16. The molecule has 15 heavy (non-hydrogen) atoms. The van der Waals surface area contributed by atoms with Crippen LogP contribution in [0.4, 0.5) is 0 Å². The van der Waals surface area contributed by atoms with Crippen molar-refractivity contribution in [3.63, 3.8) is 0 Å². The SMILES string of the molecule is CSCCC(NC(=O)C1(N)CC1)C(=O)O. The largest absolute Gasteiger partial charge is 0.480 e. The zero-order valence-electron chi connectivity index (χ0n) is 8.66. The van der Waals surface area contributed by atoms with E-state index in [1.54, 1.807) is 11.8 Å². The molecule has 1 atom stereocenters. The van der Waals surface area contributed by atoms with Crippen molar-refractivity contribution >= 4 is 23.6 Å². The zero-order chi connectivity index (χ0) is 11.5. The van der Waals surface area contributed by atoms with E-state index in [2.05, 4.69) is 5.32 Å². The molecule has 6 heteroatoms. The lowest BCUT2D eigenvalue weighted by molar-refractivity contribution is -0.142. The maximum Gasteiger partial charge on any atom is 0.326 e. The smallest absolute Gasteiger partial charge is 0.326 e. The minimum atomic E-state index is -0.998. The first-order valence-electron chi connectivity index (χ1n) is 4.81. The van der Waals surface area contributed by atoms with E-state index in [1.807, 2.05) is 6.26 Å². The molecule has 4 N–H and O–H groups in total. The third kappa shape index (κ3) is 3.39. The summed E-state index contributed by atoms with van der Waals surface area (Å²) in [6, 6.07) is -0.814. The molecule has 0 saturated heterocycles. The van der Waals surface area contributed by atoms with Crippen LogP contribution in [0.2, 0.25) is 0 Å². The normalized spacial score (nSPS) is 19.3. The number of carbonyl (C=O) groups is 2. The molecule has 0 aromatic rings. The summed E-state index contributed by atoms with van der Waals surface area (Å²) in [4.78, 5) is 22.3. The number of thioether (sulfide) groups is 1. The van der Waals surface area contributed by atoms with Crippen LogP contribution in [0.5, 0.6) is 0 Å².